The Balaban J connectivity index is 2.39. The number of nitrogens with zero attached hydrogens (tertiary/aromatic N) is 2. The summed E-state index contributed by atoms with van der Waals surface area (Å²) in [5.74, 6) is 0.690. The van der Waals surface area contributed by atoms with Crippen LogP contribution in [0.4, 0.5) is 4.79 Å². The van der Waals surface area contributed by atoms with Gasteiger partial charge in [0.25, 0.3) is 0 Å². The fourth-order valence-electron chi connectivity index (χ4n) is 2.28. The number of amides is 1. The summed E-state index contributed by atoms with van der Waals surface area (Å²) in [4.78, 5) is 18.0. The molecule has 0 aromatic heterocycles. The molecular formula is C19H33N5O2. The fourth-order valence-corrected chi connectivity index (χ4v) is 2.28. The summed E-state index contributed by atoms with van der Waals surface area (Å²) in [5.41, 5.74) is 2.03. The molecule has 3 N–H and O–H groups in total. The first-order chi connectivity index (χ1) is 12.2. The van der Waals surface area contributed by atoms with Gasteiger partial charge in [-0.1, -0.05) is 24.3 Å². The molecule has 7 heteroatoms. The summed E-state index contributed by atoms with van der Waals surface area (Å²) >= 11 is 0. The Labute approximate surface area is 157 Å². The lowest BCUT2D eigenvalue weighted by Crippen LogP contribution is -2.42. The molecule has 0 saturated carbocycles. The van der Waals surface area contributed by atoms with Crippen molar-refractivity contribution in [1.82, 2.24) is 20.9 Å². The number of alkyl carbamates (subject to hydrolysis) is 1. The minimum atomic E-state index is -0.491. The average molecular weight is 364 g/mol. The SMILES string of the molecule is CN=C(NCCNC(=O)OC(C)(C)C)NCc1ccccc1CN(C)C. The van der Waals surface area contributed by atoms with Gasteiger partial charge in [0, 0.05) is 33.2 Å². The molecule has 0 unspecified atom stereocenters. The standard InChI is InChI=1S/C19H33N5O2/c1-19(2,3)26-18(25)22-12-11-21-17(20-4)23-13-15-9-7-8-10-16(15)14-24(5)6/h7-10H,11-14H2,1-6H3,(H,22,25)(H2,20,21,23). The first-order valence-corrected chi connectivity index (χ1v) is 8.84. The Morgan fingerprint density at radius 3 is 2.27 bits per heavy atom. The summed E-state index contributed by atoms with van der Waals surface area (Å²) in [7, 11) is 5.84. The van der Waals surface area contributed by atoms with Gasteiger partial charge in [0.05, 0.1) is 0 Å². The van der Waals surface area contributed by atoms with Gasteiger partial charge in [-0.25, -0.2) is 4.79 Å². The molecular weight excluding hydrogens is 330 g/mol. The monoisotopic (exact) mass is 363 g/mol. The average Bonchev–Trinajstić information content (AvgIpc) is 2.53. The first-order valence-electron chi connectivity index (χ1n) is 8.84. The second-order valence-electron chi connectivity index (χ2n) is 7.29. The largest absolute Gasteiger partial charge is 0.444 e. The van der Waals surface area contributed by atoms with Crippen LogP contribution < -0.4 is 16.0 Å². The molecule has 0 heterocycles. The van der Waals surface area contributed by atoms with Crippen molar-refractivity contribution in [3.05, 3.63) is 35.4 Å². The number of carbonyl (C=O) groups is 1. The number of aliphatic imine (C=N–C) groups is 1. The number of benzene rings is 1. The van der Waals surface area contributed by atoms with Crippen molar-refractivity contribution in [2.75, 3.05) is 34.2 Å². The molecule has 0 atom stereocenters. The summed E-state index contributed by atoms with van der Waals surface area (Å²) in [6.45, 7) is 8.10. The molecule has 0 radical (unpaired) electrons. The fraction of sp³-hybridized carbons (Fsp3) is 0.579. The van der Waals surface area contributed by atoms with E-state index in [4.69, 9.17) is 4.74 Å². The van der Waals surface area contributed by atoms with Crippen LogP contribution in [0.5, 0.6) is 0 Å². The van der Waals surface area contributed by atoms with E-state index in [2.05, 4.69) is 58.1 Å². The van der Waals surface area contributed by atoms with Gasteiger partial charge >= 0.3 is 6.09 Å². The third-order valence-electron chi connectivity index (χ3n) is 3.36. The number of hydrogen-bond donors (Lipinski definition) is 3. The Bertz CT molecular complexity index is 594. The van der Waals surface area contributed by atoms with E-state index in [1.54, 1.807) is 7.05 Å². The molecule has 0 aliphatic heterocycles. The summed E-state index contributed by atoms with van der Waals surface area (Å²) in [5, 5.41) is 9.19. The maximum absolute atomic E-state index is 11.6. The third kappa shape index (κ3) is 9.27. The minimum absolute atomic E-state index is 0.417. The molecule has 1 aromatic rings. The molecule has 0 aliphatic rings. The Hall–Kier alpha value is -2.28. The highest BCUT2D eigenvalue weighted by Crippen LogP contribution is 2.10. The van der Waals surface area contributed by atoms with Gasteiger partial charge in [-0.15, -0.1) is 0 Å². The van der Waals surface area contributed by atoms with Crippen LogP contribution in [0.1, 0.15) is 31.9 Å². The molecule has 0 aliphatic carbocycles. The number of ether oxygens (including phenoxy) is 1. The van der Waals surface area contributed by atoms with E-state index >= 15 is 0 Å². The highest BCUT2D eigenvalue weighted by Gasteiger charge is 2.15. The minimum Gasteiger partial charge on any atom is -0.444 e. The maximum atomic E-state index is 11.6. The molecule has 0 fully saturated rings. The van der Waals surface area contributed by atoms with Gasteiger partial charge in [-0.05, 0) is 46.0 Å². The van der Waals surface area contributed by atoms with E-state index in [1.807, 2.05) is 26.8 Å². The van der Waals surface area contributed by atoms with Gasteiger partial charge in [-0.3, -0.25) is 4.99 Å². The van der Waals surface area contributed by atoms with Crippen molar-refractivity contribution in [3.63, 3.8) is 0 Å². The van der Waals surface area contributed by atoms with Crippen molar-refractivity contribution in [3.8, 4) is 0 Å². The van der Waals surface area contributed by atoms with Gasteiger partial charge < -0.3 is 25.6 Å². The lowest BCUT2D eigenvalue weighted by Gasteiger charge is -2.20. The van der Waals surface area contributed by atoms with Gasteiger partial charge in [0.2, 0.25) is 0 Å². The molecule has 0 bridgehead atoms. The first kappa shape index (κ1) is 21.8. The molecule has 7 nitrogen and oxygen atoms in total. The van der Waals surface area contributed by atoms with Crippen LogP contribution in [0.2, 0.25) is 0 Å². The van der Waals surface area contributed by atoms with Crippen molar-refractivity contribution in [2.24, 2.45) is 4.99 Å². The van der Waals surface area contributed by atoms with E-state index in [-0.39, 0.29) is 0 Å². The number of nitrogens with one attached hydrogen (secondary N) is 3. The number of guanidine groups is 1. The normalized spacial score (nSPS) is 12.0. The zero-order valence-corrected chi connectivity index (χ0v) is 16.8. The number of rotatable bonds is 7. The van der Waals surface area contributed by atoms with Crippen molar-refractivity contribution in [1.29, 1.82) is 0 Å². The van der Waals surface area contributed by atoms with Crippen LogP contribution in [-0.2, 0) is 17.8 Å². The van der Waals surface area contributed by atoms with Crippen molar-refractivity contribution in [2.45, 2.75) is 39.5 Å². The zero-order valence-electron chi connectivity index (χ0n) is 16.8. The predicted molar refractivity (Wildman–Crippen MR) is 106 cm³/mol. The highest BCUT2D eigenvalue weighted by atomic mass is 16.6. The van der Waals surface area contributed by atoms with Crippen LogP contribution in [0.3, 0.4) is 0 Å². The Morgan fingerprint density at radius 1 is 1.08 bits per heavy atom. The molecule has 1 aromatic carbocycles. The highest BCUT2D eigenvalue weighted by molar-refractivity contribution is 5.79. The predicted octanol–water partition coefficient (Wildman–Crippen LogP) is 1.94. The number of hydrogen-bond acceptors (Lipinski definition) is 4. The van der Waals surface area contributed by atoms with Crippen LogP contribution >= 0.6 is 0 Å². The third-order valence-corrected chi connectivity index (χ3v) is 3.36. The van der Waals surface area contributed by atoms with Crippen LogP contribution in [-0.4, -0.2) is 56.8 Å². The number of carbonyl (C=O) groups excluding carboxylic acids is 1. The second-order valence-corrected chi connectivity index (χ2v) is 7.29. The van der Waals surface area contributed by atoms with E-state index in [0.717, 1.165) is 6.54 Å². The zero-order chi connectivity index (χ0) is 19.6. The maximum Gasteiger partial charge on any atom is 0.407 e. The van der Waals surface area contributed by atoms with Crippen molar-refractivity contribution >= 4 is 12.1 Å². The van der Waals surface area contributed by atoms with E-state index in [9.17, 15) is 4.79 Å². The molecule has 26 heavy (non-hydrogen) atoms. The summed E-state index contributed by atoms with van der Waals surface area (Å²) in [6.07, 6.45) is -0.417. The smallest absolute Gasteiger partial charge is 0.407 e. The van der Waals surface area contributed by atoms with E-state index in [1.165, 1.54) is 11.1 Å². The lowest BCUT2D eigenvalue weighted by atomic mass is 10.1. The Morgan fingerprint density at radius 2 is 1.69 bits per heavy atom. The van der Waals surface area contributed by atoms with Gasteiger partial charge in [0.15, 0.2) is 5.96 Å². The topological polar surface area (TPSA) is 78.0 Å². The summed E-state index contributed by atoms with van der Waals surface area (Å²) < 4.78 is 5.19. The second kappa shape index (κ2) is 10.7. The summed E-state index contributed by atoms with van der Waals surface area (Å²) in [6, 6.07) is 8.34. The van der Waals surface area contributed by atoms with Crippen molar-refractivity contribution < 1.29 is 9.53 Å². The molecule has 0 spiro atoms. The van der Waals surface area contributed by atoms with E-state index in [0.29, 0.717) is 25.6 Å². The van der Waals surface area contributed by atoms with Crippen LogP contribution in [0, 0.1) is 0 Å². The van der Waals surface area contributed by atoms with Gasteiger partial charge in [-0.2, -0.15) is 0 Å². The van der Waals surface area contributed by atoms with E-state index < -0.39 is 11.7 Å². The molecule has 0 saturated heterocycles. The lowest BCUT2D eigenvalue weighted by molar-refractivity contribution is 0.0529. The van der Waals surface area contributed by atoms with Gasteiger partial charge in [0.1, 0.15) is 5.60 Å². The molecule has 1 amide bonds. The Kier molecular flexibility index (Phi) is 8.92. The van der Waals surface area contributed by atoms with Crippen LogP contribution in [0.15, 0.2) is 29.3 Å². The quantitative estimate of drug-likeness (QED) is 0.392. The van der Waals surface area contributed by atoms with Crippen LogP contribution in [0.25, 0.3) is 0 Å². The molecule has 1 rings (SSSR count). The molecule has 146 valence electrons.